The van der Waals surface area contributed by atoms with E-state index < -0.39 is 5.97 Å². The molecule has 1 N–H and O–H groups in total. The summed E-state index contributed by atoms with van der Waals surface area (Å²) in [7, 11) is 0. The number of nitrogens with zero attached hydrogens (tertiary/aromatic N) is 3. The number of carboxylic acids is 1. The number of ether oxygens (including phenoxy) is 1. The van der Waals surface area contributed by atoms with E-state index in [1.54, 1.807) is 60.7 Å². The van der Waals surface area contributed by atoms with Crippen LogP contribution in [0.25, 0.3) is 17.5 Å². The molecule has 0 radical (unpaired) electrons. The van der Waals surface area contributed by atoms with E-state index in [9.17, 15) is 14.3 Å². The Kier molecular flexibility index (Phi) is 7.84. The second kappa shape index (κ2) is 11.2. The molecule has 178 valence electrons. The van der Waals surface area contributed by atoms with Crippen molar-refractivity contribution in [2.75, 3.05) is 0 Å². The second-order valence-electron chi connectivity index (χ2n) is 7.42. The van der Waals surface area contributed by atoms with Crippen LogP contribution in [0.1, 0.15) is 18.1 Å². The van der Waals surface area contributed by atoms with Crippen LogP contribution < -0.4 is 4.74 Å². The smallest absolute Gasteiger partial charge is 0.342 e. The lowest BCUT2D eigenvalue weighted by Gasteiger charge is -2.09. The summed E-state index contributed by atoms with van der Waals surface area (Å²) in [4.78, 5) is 12.1. The van der Waals surface area contributed by atoms with Gasteiger partial charge in [0.25, 0.3) is 0 Å². The maximum absolute atomic E-state index is 13.8. The fraction of sp³-hybridized carbons (Fsp3) is 0.115. The topological polar surface area (TPSA) is 77.2 Å². The molecule has 35 heavy (non-hydrogen) atoms. The van der Waals surface area contributed by atoms with Crippen LogP contribution in [-0.4, -0.2) is 25.8 Å². The van der Waals surface area contributed by atoms with Gasteiger partial charge in [-0.15, -0.1) is 10.2 Å². The van der Waals surface area contributed by atoms with Crippen LogP contribution in [0.2, 0.25) is 5.02 Å². The molecule has 1 aromatic heterocycles. The number of thioether (sulfide) groups is 1. The van der Waals surface area contributed by atoms with Gasteiger partial charge in [0.05, 0.1) is 0 Å². The summed E-state index contributed by atoms with van der Waals surface area (Å²) in [5.74, 6) is -0.219. The number of halogens is 2. The van der Waals surface area contributed by atoms with Gasteiger partial charge < -0.3 is 14.4 Å². The van der Waals surface area contributed by atoms with Gasteiger partial charge in [-0.25, -0.2) is 9.18 Å². The quantitative estimate of drug-likeness (QED) is 0.203. The summed E-state index contributed by atoms with van der Waals surface area (Å²) >= 11 is 7.00. The first-order valence-electron chi connectivity index (χ1n) is 10.7. The lowest BCUT2D eigenvalue weighted by Crippen LogP contribution is -2.02. The molecule has 9 heteroatoms. The van der Waals surface area contributed by atoms with E-state index in [1.807, 2.05) is 23.6 Å². The van der Waals surface area contributed by atoms with Crippen LogP contribution in [0.4, 0.5) is 4.39 Å². The zero-order chi connectivity index (χ0) is 24.8. The predicted octanol–water partition coefficient (Wildman–Crippen LogP) is 6.55. The Bertz CT molecular complexity index is 1360. The summed E-state index contributed by atoms with van der Waals surface area (Å²) < 4.78 is 21.3. The first kappa shape index (κ1) is 24.5. The number of carboxylic acid groups (broad SMARTS) is 1. The van der Waals surface area contributed by atoms with E-state index in [1.165, 1.54) is 6.07 Å². The first-order chi connectivity index (χ1) is 16.9. The zero-order valence-electron chi connectivity index (χ0n) is 18.7. The number of aliphatic carboxylic acids is 1. The highest BCUT2D eigenvalue weighted by Crippen LogP contribution is 2.31. The van der Waals surface area contributed by atoms with Crippen molar-refractivity contribution in [3.63, 3.8) is 0 Å². The molecule has 0 atom stereocenters. The number of hydrogen-bond donors (Lipinski definition) is 1. The van der Waals surface area contributed by atoms with Gasteiger partial charge >= 0.3 is 5.97 Å². The molecule has 6 nitrogen and oxygen atoms in total. The first-order valence-corrected chi connectivity index (χ1v) is 11.9. The van der Waals surface area contributed by atoms with E-state index in [0.29, 0.717) is 39.4 Å². The Morgan fingerprint density at radius 3 is 2.46 bits per heavy atom. The SMILES string of the molecule is CCn1c(S/C(=C\c2ccc(OCc3ccccc3F)cc2)C(=O)O)nnc1-c1ccc(Cl)cc1. The standard InChI is InChI=1S/C26H21ClFN3O3S/c1-2-31-24(18-9-11-20(27)12-10-18)29-30-26(31)35-23(25(32)33)15-17-7-13-21(14-8-17)34-16-19-5-3-4-6-22(19)28/h3-15H,2,16H2,1H3,(H,32,33)/b23-15-. The largest absolute Gasteiger partial charge is 0.489 e. The third kappa shape index (κ3) is 6.09. The number of benzene rings is 3. The molecule has 0 saturated carbocycles. The number of carbonyl (C=O) groups is 1. The molecule has 0 spiro atoms. The van der Waals surface area contributed by atoms with Crippen molar-refractivity contribution in [2.24, 2.45) is 0 Å². The van der Waals surface area contributed by atoms with Gasteiger partial charge in [-0.3, -0.25) is 0 Å². The molecule has 4 aromatic rings. The van der Waals surface area contributed by atoms with Gasteiger partial charge in [0, 0.05) is 22.7 Å². The van der Waals surface area contributed by atoms with Crippen molar-refractivity contribution in [2.45, 2.75) is 25.2 Å². The maximum Gasteiger partial charge on any atom is 0.342 e. The molecule has 0 fully saturated rings. The third-order valence-corrected chi connectivity index (χ3v) is 6.33. The molecule has 4 rings (SSSR count). The van der Waals surface area contributed by atoms with Crippen molar-refractivity contribution in [3.8, 4) is 17.1 Å². The van der Waals surface area contributed by atoms with Gasteiger partial charge in [-0.2, -0.15) is 0 Å². The minimum absolute atomic E-state index is 0.0924. The van der Waals surface area contributed by atoms with Gasteiger partial charge in [0.15, 0.2) is 11.0 Å². The highest BCUT2D eigenvalue weighted by Gasteiger charge is 2.18. The number of rotatable bonds is 9. The molecule has 0 aliphatic carbocycles. The number of aromatic nitrogens is 3. The lowest BCUT2D eigenvalue weighted by atomic mass is 10.2. The Balaban J connectivity index is 1.50. The summed E-state index contributed by atoms with van der Waals surface area (Å²) in [6, 6.07) is 20.5. The Labute approximate surface area is 211 Å². The van der Waals surface area contributed by atoms with E-state index in [4.69, 9.17) is 16.3 Å². The summed E-state index contributed by atoms with van der Waals surface area (Å²) in [6.07, 6.45) is 1.56. The molecule has 0 saturated heterocycles. The second-order valence-corrected chi connectivity index (χ2v) is 8.87. The lowest BCUT2D eigenvalue weighted by molar-refractivity contribution is -0.131. The fourth-order valence-electron chi connectivity index (χ4n) is 3.28. The third-order valence-electron chi connectivity index (χ3n) is 5.08. The summed E-state index contributed by atoms with van der Waals surface area (Å²) in [6.45, 7) is 2.60. The number of hydrogen-bond acceptors (Lipinski definition) is 5. The van der Waals surface area contributed by atoms with Gasteiger partial charge in [0.1, 0.15) is 23.1 Å². The van der Waals surface area contributed by atoms with Crippen molar-refractivity contribution < 1.29 is 19.0 Å². The Hall–Kier alpha value is -3.62. The normalized spacial score (nSPS) is 11.5. The van der Waals surface area contributed by atoms with Crippen LogP contribution in [0.15, 0.2) is 82.9 Å². The van der Waals surface area contributed by atoms with Gasteiger partial charge in [-0.1, -0.05) is 41.9 Å². The molecular weight excluding hydrogens is 489 g/mol. The van der Waals surface area contributed by atoms with Crippen molar-refractivity contribution >= 4 is 35.4 Å². The average molecular weight is 510 g/mol. The van der Waals surface area contributed by atoms with Crippen LogP contribution >= 0.6 is 23.4 Å². The fourth-order valence-corrected chi connectivity index (χ4v) is 4.30. The van der Waals surface area contributed by atoms with E-state index in [2.05, 4.69) is 10.2 Å². The molecule has 0 aliphatic rings. The highest BCUT2D eigenvalue weighted by atomic mass is 35.5. The summed E-state index contributed by atoms with van der Waals surface area (Å²) in [5, 5.41) is 19.3. The van der Waals surface area contributed by atoms with Crippen LogP contribution in [0.5, 0.6) is 5.75 Å². The monoisotopic (exact) mass is 509 g/mol. The molecule has 0 bridgehead atoms. The van der Waals surface area contributed by atoms with Crippen molar-refractivity contribution in [3.05, 3.63) is 99.7 Å². The van der Waals surface area contributed by atoms with Crippen molar-refractivity contribution in [1.29, 1.82) is 0 Å². The molecule has 0 aliphatic heterocycles. The van der Waals surface area contributed by atoms with E-state index in [-0.39, 0.29) is 17.3 Å². The molecule has 0 unspecified atom stereocenters. The minimum atomic E-state index is -1.08. The van der Waals surface area contributed by atoms with E-state index >= 15 is 0 Å². The zero-order valence-corrected chi connectivity index (χ0v) is 20.3. The maximum atomic E-state index is 13.8. The molecular formula is C26H21ClFN3O3S. The van der Waals surface area contributed by atoms with Crippen LogP contribution in [0, 0.1) is 5.82 Å². The molecule has 0 amide bonds. The average Bonchev–Trinajstić information content (AvgIpc) is 3.27. The Morgan fingerprint density at radius 2 is 1.80 bits per heavy atom. The van der Waals surface area contributed by atoms with E-state index in [0.717, 1.165) is 17.3 Å². The molecule has 3 aromatic carbocycles. The van der Waals surface area contributed by atoms with Crippen LogP contribution in [-0.2, 0) is 17.9 Å². The van der Waals surface area contributed by atoms with Gasteiger partial charge in [-0.05, 0) is 72.8 Å². The minimum Gasteiger partial charge on any atom is -0.489 e. The molecule has 1 heterocycles. The van der Waals surface area contributed by atoms with Gasteiger partial charge in [0.2, 0.25) is 0 Å². The predicted molar refractivity (Wildman–Crippen MR) is 135 cm³/mol. The Morgan fingerprint density at radius 1 is 1.09 bits per heavy atom. The highest BCUT2D eigenvalue weighted by molar-refractivity contribution is 8.04. The van der Waals surface area contributed by atoms with Crippen molar-refractivity contribution in [1.82, 2.24) is 14.8 Å². The summed E-state index contributed by atoms with van der Waals surface area (Å²) in [5.41, 5.74) is 1.97. The van der Waals surface area contributed by atoms with Crippen LogP contribution in [0.3, 0.4) is 0 Å².